The number of carbonyl (C=O) groups excluding carboxylic acids is 1. The van der Waals surface area contributed by atoms with Crippen LogP contribution in [0.3, 0.4) is 0 Å². The highest BCUT2D eigenvalue weighted by Crippen LogP contribution is 2.30. The first kappa shape index (κ1) is 13.3. The van der Waals surface area contributed by atoms with Crippen LogP contribution in [0.4, 0.5) is 17.1 Å². The van der Waals surface area contributed by atoms with E-state index in [2.05, 4.69) is 16.0 Å². The molecule has 1 heterocycles. The van der Waals surface area contributed by atoms with Gasteiger partial charge in [-0.2, -0.15) is 0 Å². The van der Waals surface area contributed by atoms with Crippen molar-refractivity contribution in [1.82, 2.24) is 0 Å². The number of nitrogens with one attached hydrogen (secondary N) is 3. The van der Waals surface area contributed by atoms with Gasteiger partial charge in [-0.25, -0.2) is 0 Å². The molecule has 3 rings (SSSR count). The molecule has 5 nitrogen and oxygen atoms in total. The van der Waals surface area contributed by atoms with Crippen LogP contribution in [0.15, 0.2) is 42.5 Å². The molecule has 1 aliphatic rings. The molecule has 0 radical (unpaired) electrons. The lowest BCUT2D eigenvalue weighted by Gasteiger charge is -2.22. The van der Waals surface area contributed by atoms with E-state index in [1.54, 1.807) is 7.11 Å². The van der Waals surface area contributed by atoms with E-state index in [4.69, 9.17) is 4.74 Å². The van der Waals surface area contributed by atoms with Crippen LogP contribution < -0.4 is 20.7 Å². The zero-order valence-corrected chi connectivity index (χ0v) is 11.8. The fraction of sp³-hybridized carbons (Fsp3) is 0.188. The Kier molecular flexibility index (Phi) is 3.64. The Morgan fingerprint density at radius 2 is 1.90 bits per heavy atom. The maximum atomic E-state index is 12.5. The molecule has 1 aliphatic heterocycles. The minimum atomic E-state index is -0.160. The second-order valence-electron chi connectivity index (χ2n) is 4.74. The van der Waals surface area contributed by atoms with Crippen LogP contribution >= 0.6 is 0 Å². The maximum Gasteiger partial charge on any atom is 0.257 e. The van der Waals surface area contributed by atoms with Crippen molar-refractivity contribution in [3.63, 3.8) is 0 Å². The van der Waals surface area contributed by atoms with Crippen LogP contribution in [0, 0.1) is 0 Å². The van der Waals surface area contributed by atoms with Gasteiger partial charge in [0.2, 0.25) is 0 Å². The SMILES string of the molecule is COc1ccccc1NC(=O)c1cccc2c1NCCN2. The van der Waals surface area contributed by atoms with Gasteiger partial charge in [-0.15, -0.1) is 0 Å². The fourth-order valence-electron chi connectivity index (χ4n) is 2.40. The Labute approximate surface area is 123 Å². The summed E-state index contributed by atoms with van der Waals surface area (Å²) in [7, 11) is 1.58. The van der Waals surface area contributed by atoms with E-state index in [-0.39, 0.29) is 5.91 Å². The van der Waals surface area contributed by atoms with Crippen molar-refractivity contribution in [3.8, 4) is 5.75 Å². The summed E-state index contributed by atoms with van der Waals surface area (Å²) < 4.78 is 5.25. The summed E-state index contributed by atoms with van der Waals surface area (Å²) in [5.41, 5.74) is 3.07. The minimum absolute atomic E-state index is 0.160. The van der Waals surface area contributed by atoms with Gasteiger partial charge in [0.05, 0.1) is 29.7 Å². The lowest BCUT2D eigenvalue weighted by atomic mass is 10.1. The number of methoxy groups -OCH3 is 1. The quantitative estimate of drug-likeness (QED) is 0.810. The lowest BCUT2D eigenvalue weighted by Crippen LogP contribution is -2.24. The number of fused-ring (bicyclic) bond motifs is 1. The number of para-hydroxylation sites is 3. The van der Waals surface area contributed by atoms with Crippen LogP contribution in [0.5, 0.6) is 5.75 Å². The first-order valence-corrected chi connectivity index (χ1v) is 6.84. The molecule has 0 atom stereocenters. The average Bonchev–Trinajstić information content (AvgIpc) is 2.54. The molecule has 0 saturated heterocycles. The number of benzene rings is 2. The summed E-state index contributed by atoms with van der Waals surface area (Å²) >= 11 is 0. The smallest absolute Gasteiger partial charge is 0.257 e. The van der Waals surface area contributed by atoms with E-state index in [1.165, 1.54) is 0 Å². The van der Waals surface area contributed by atoms with Crippen LogP contribution in [-0.4, -0.2) is 26.1 Å². The van der Waals surface area contributed by atoms with Gasteiger partial charge in [0, 0.05) is 13.1 Å². The topological polar surface area (TPSA) is 62.4 Å². The van der Waals surface area contributed by atoms with Crippen LogP contribution in [0.1, 0.15) is 10.4 Å². The van der Waals surface area contributed by atoms with Crippen molar-refractivity contribution < 1.29 is 9.53 Å². The average molecular weight is 283 g/mol. The highest BCUT2D eigenvalue weighted by Gasteiger charge is 2.18. The molecule has 1 amide bonds. The Morgan fingerprint density at radius 3 is 2.76 bits per heavy atom. The van der Waals surface area contributed by atoms with E-state index in [9.17, 15) is 4.79 Å². The third-order valence-corrected chi connectivity index (χ3v) is 3.41. The second kappa shape index (κ2) is 5.75. The van der Waals surface area contributed by atoms with Crippen molar-refractivity contribution in [2.45, 2.75) is 0 Å². The predicted octanol–water partition coefficient (Wildman–Crippen LogP) is 2.78. The summed E-state index contributed by atoms with van der Waals surface area (Å²) in [6.45, 7) is 1.65. The summed E-state index contributed by atoms with van der Waals surface area (Å²) in [6.07, 6.45) is 0. The van der Waals surface area contributed by atoms with Gasteiger partial charge >= 0.3 is 0 Å². The fourth-order valence-corrected chi connectivity index (χ4v) is 2.40. The van der Waals surface area contributed by atoms with Crippen LogP contribution in [-0.2, 0) is 0 Å². The molecular weight excluding hydrogens is 266 g/mol. The van der Waals surface area contributed by atoms with Crippen molar-refractivity contribution in [1.29, 1.82) is 0 Å². The molecule has 21 heavy (non-hydrogen) atoms. The number of hydrogen-bond acceptors (Lipinski definition) is 4. The highest BCUT2D eigenvalue weighted by atomic mass is 16.5. The standard InChI is InChI=1S/C16H17N3O2/c1-21-14-8-3-2-6-12(14)19-16(20)11-5-4-7-13-15(11)18-10-9-17-13/h2-8,17-18H,9-10H2,1H3,(H,19,20). The van der Waals surface area contributed by atoms with Crippen LogP contribution in [0.25, 0.3) is 0 Å². The van der Waals surface area contributed by atoms with Gasteiger partial charge < -0.3 is 20.7 Å². The molecule has 3 N–H and O–H groups in total. The predicted molar refractivity (Wildman–Crippen MR) is 84.4 cm³/mol. The molecular formula is C16H17N3O2. The van der Waals surface area contributed by atoms with Gasteiger partial charge in [-0.05, 0) is 24.3 Å². The molecule has 0 bridgehead atoms. The molecule has 0 spiro atoms. The zero-order valence-electron chi connectivity index (χ0n) is 11.8. The Bertz CT molecular complexity index is 670. The number of ether oxygens (including phenoxy) is 1. The first-order valence-electron chi connectivity index (χ1n) is 6.84. The molecule has 2 aromatic carbocycles. The molecule has 0 fully saturated rings. The number of carbonyl (C=O) groups is 1. The zero-order chi connectivity index (χ0) is 14.7. The Hall–Kier alpha value is -2.69. The molecule has 2 aromatic rings. The van der Waals surface area contributed by atoms with Crippen molar-refractivity contribution in [2.24, 2.45) is 0 Å². The lowest BCUT2D eigenvalue weighted by molar-refractivity contribution is 0.102. The van der Waals surface area contributed by atoms with E-state index in [0.29, 0.717) is 17.0 Å². The minimum Gasteiger partial charge on any atom is -0.495 e. The molecule has 5 heteroatoms. The third kappa shape index (κ3) is 2.63. The molecule has 0 aromatic heterocycles. The van der Waals surface area contributed by atoms with Gasteiger partial charge in [-0.1, -0.05) is 18.2 Å². The first-order chi connectivity index (χ1) is 10.3. The summed E-state index contributed by atoms with van der Waals surface area (Å²) in [6, 6.07) is 13.0. The number of hydrogen-bond donors (Lipinski definition) is 3. The van der Waals surface area contributed by atoms with E-state index in [0.717, 1.165) is 24.5 Å². The van der Waals surface area contributed by atoms with Gasteiger partial charge in [0.25, 0.3) is 5.91 Å². The molecule has 0 unspecified atom stereocenters. The summed E-state index contributed by atoms with van der Waals surface area (Å²) in [5.74, 6) is 0.481. The Morgan fingerprint density at radius 1 is 1.10 bits per heavy atom. The van der Waals surface area contributed by atoms with E-state index < -0.39 is 0 Å². The van der Waals surface area contributed by atoms with E-state index in [1.807, 2.05) is 42.5 Å². The number of amides is 1. The molecule has 0 saturated carbocycles. The van der Waals surface area contributed by atoms with Gasteiger partial charge in [0.15, 0.2) is 0 Å². The highest BCUT2D eigenvalue weighted by molar-refractivity contribution is 6.10. The monoisotopic (exact) mass is 283 g/mol. The number of anilines is 3. The summed E-state index contributed by atoms with van der Waals surface area (Å²) in [4.78, 5) is 12.5. The summed E-state index contributed by atoms with van der Waals surface area (Å²) in [5, 5.41) is 9.45. The maximum absolute atomic E-state index is 12.5. The van der Waals surface area contributed by atoms with Crippen LogP contribution in [0.2, 0.25) is 0 Å². The van der Waals surface area contributed by atoms with Crippen molar-refractivity contribution in [3.05, 3.63) is 48.0 Å². The van der Waals surface area contributed by atoms with Gasteiger partial charge in [-0.3, -0.25) is 4.79 Å². The van der Waals surface area contributed by atoms with Gasteiger partial charge in [0.1, 0.15) is 5.75 Å². The van der Waals surface area contributed by atoms with E-state index >= 15 is 0 Å². The van der Waals surface area contributed by atoms with Crippen molar-refractivity contribution >= 4 is 23.0 Å². The molecule has 0 aliphatic carbocycles. The normalized spacial score (nSPS) is 12.6. The Balaban J connectivity index is 1.89. The third-order valence-electron chi connectivity index (χ3n) is 3.41. The van der Waals surface area contributed by atoms with Crippen molar-refractivity contribution in [2.75, 3.05) is 36.1 Å². The largest absolute Gasteiger partial charge is 0.495 e. The second-order valence-corrected chi connectivity index (χ2v) is 4.74. The number of rotatable bonds is 3. The molecule has 108 valence electrons.